The molecule has 0 aliphatic carbocycles. The molecule has 1 amide bonds. The second-order valence-corrected chi connectivity index (χ2v) is 6.42. The smallest absolute Gasteiger partial charge is 0.243 e. The van der Waals surface area contributed by atoms with Crippen molar-refractivity contribution in [3.05, 3.63) is 40.0 Å². The number of anilines is 1. The zero-order valence-corrected chi connectivity index (χ0v) is 15.3. The molecule has 1 heterocycles. The molecular formula is C16H21BrN4O2. The number of aromatic nitrogens is 2. The van der Waals surface area contributed by atoms with Crippen LogP contribution in [0, 0.1) is 6.92 Å². The first-order chi connectivity index (χ1) is 10.9. The number of hydrogen-bond donors (Lipinski definition) is 1. The zero-order valence-electron chi connectivity index (χ0n) is 13.8. The molecule has 6 nitrogen and oxygen atoms in total. The van der Waals surface area contributed by atoms with Gasteiger partial charge in [-0.15, -0.1) is 0 Å². The molecule has 0 saturated heterocycles. The van der Waals surface area contributed by atoms with Crippen LogP contribution in [0.1, 0.15) is 37.2 Å². The van der Waals surface area contributed by atoms with Crippen LogP contribution in [0.2, 0.25) is 0 Å². The molecule has 23 heavy (non-hydrogen) atoms. The van der Waals surface area contributed by atoms with Gasteiger partial charge in [0.2, 0.25) is 11.8 Å². The Morgan fingerprint density at radius 1 is 1.48 bits per heavy atom. The molecule has 1 atom stereocenters. The van der Waals surface area contributed by atoms with Gasteiger partial charge in [0.05, 0.1) is 12.6 Å². The normalized spacial score (nSPS) is 12.4. The maximum atomic E-state index is 12.2. The Kier molecular flexibility index (Phi) is 5.90. The van der Waals surface area contributed by atoms with E-state index in [0.717, 1.165) is 22.1 Å². The first-order valence-corrected chi connectivity index (χ1v) is 8.28. The van der Waals surface area contributed by atoms with E-state index in [-0.39, 0.29) is 18.5 Å². The largest absolute Gasteiger partial charge is 0.338 e. The number of halogens is 1. The average Bonchev–Trinajstić information content (AvgIpc) is 2.98. The van der Waals surface area contributed by atoms with E-state index in [0.29, 0.717) is 11.7 Å². The summed E-state index contributed by atoms with van der Waals surface area (Å²) in [7, 11) is 1.86. The number of nitrogens with zero attached hydrogens (tertiary/aromatic N) is 3. The van der Waals surface area contributed by atoms with Crippen molar-refractivity contribution < 1.29 is 9.32 Å². The Bertz CT molecular complexity index is 686. The first-order valence-electron chi connectivity index (χ1n) is 7.49. The van der Waals surface area contributed by atoms with Crippen molar-refractivity contribution in [2.45, 2.75) is 33.2 Å². The van der Waals surface area contributed by atoms with Crippen LogP contribution in [-0.4, -0.2) is 34.5 Å². The molecule has 0 spiro atoms. The molecule has 7 heteroatoms. The SMILES string of the molecule is CCc1noc([C@@H](C)N(C)CC(=O)Nc2ccc(Br)cc2C)n1. The summed E-state index contributed by atoms with van der Waals surface area (Å²) in [5, 5.41) is 6.81. The summed E-state index contributed by atoms with van der Waals surface area (Å²) in [4.78, 5) is 18.4. The van der Waals surface area contributed by atoms with Crippen molar-refractivity contribution in [1.82, 2.24) is 15.0 Å². The quantitative estimate of drug-likeness (QED) is 0.831. The van der Waals surface area contributed by atoms with E-state index >= 15 is 0 Å². The lowest BCUT2D eigenvalue weighted by Gasteiger charge is -2.21. The Morgan fingerprint density at radius 3 is 2.83 bits per heavy atom. The van der Waals surface area contributed by atoms with Gasteiger partial charge in [-0.1, -0.05) is 28.0 Å². The van der Waals surface area contributed by atoms with Crippen LogP contribution in [0.5, 0.6) is 0 Å². The fourth-order valence-electron chi connectivity index (χ4n) is 2.09. The lowest BCUT2D eigenvalue weighted by Crippen LogP contribution is -2.32. The van der Waals surface area contributed by atoms with Crippen LogP contribution in [0.15, 0.2) is 27.2 Å². The minimum atomic E-state index is -0.125. The Morgan fingerprint density at radius 2 is 2.22 bits per heavy atom. The number of amides is 1. The minimum absolute atomic E-state index is 0.0833. The van der Waals surface area contributed by atoms with E-state index in [9.17, 15) is 4.79 Å². The molecule has 124 valence electrons. The number of benzene rings is 1. The second kappa shape index (κ2) is 7.70. The molecule has 0 fully saturated rings. The highest BCUT2D eigenvalue weighted by Crippen LogP contribution is 2.21. The topological polar surface area (TPSA) is 71.3 Å². The summed E-state index contributed by atoms with van der Waals surface area (Å²) < 4.78 is 6.22. The summed E-state index contributed by atoms with van der Waals surface area (Å²) >= 11 is 3.41. The molecule has 0 radical (unpaired) electrons. The van der Waals surface area contributed by atoms with Gasteiger partial charge in [-0.05, 0) is 44.7 Å². The summed E-state index contributed by atoms with van der Waals surface area (Å²) in [6, 6.07) is 5.62. The van der Waals surface area contributed by atoms with Crippen LogP contribution in [0.3, 0.4) is 0 Å². The molecule has 1 aromatic heterocycles. The van der Waals surface area contributed by atoms with Gasteiger partial charge in [0.1, 0.15) is 0 Å². The standard InChI is InChI=1S/C16H21BrN4O2/c1-5-14-19-16(23-20-14)11(3)21(4)9-15(22)18-13-7-6-12(17)8-10(13)2/h6-8,11H,5,9H2,1-4H3,(H,18,22)/t11-/m1/s1. The fraction of sp³-hybridized carbons (Fsp3) is 0.438. The number of rotatable bonds is 6. The van der Waals surface area contributed by atoms with Gasteiger partial charge >= 0.3 is 0 Å². The summed E-state index contributed by atoms with van der Waals surface area (Å²) in [6.45, 7) is 6.10. The van der Waals surface area contributed by atoms with Crippen LogP contribution in [0.25, 0.3) is 0 Å². The monoisotopic (exact) mass is 380 g/mol. The molecule has 1 aromatic carbocycles. The van der Waals surface area contributed by atoms with Crippen molar-refractivity contribution in [2.24, 2.45) is 0 Å². The highest BCUT2D eigenvalue weighted by Gasteiger charge is 2.20. The predicted molar refractivity (Wildman–Crippen MR) is 92.2 cm³/mol. The molecule has 0 aliphatic rings. The van der Waals surface area contributed by atoms with Gasteiger partial charge in [-0.2, -0.15) is 4.98 Å². The lowest BCUT2D eigenvalue weighted by atomic mass is 10.2. The number of carbonyl (C=O) groups is 1. The number of aryl methyl sites for hydroxylation is 2. The third-order valence-corrected chi connectivity index (χ3v) is 4.17. The van der Waals surface area contributed by atoms with E-state index < -0.39 is 0 Å². The molecule has 0 unspecified atom stereocenters. The second-order valence-electron chi connectivity index (χ2n) is 5.50. The third-order valence-electron chi connectivity index (χ3n) is 3.67. The van der Waals surface area contributed by atoms with Gasteiger partial charge in [0, 0.05) is 16.6 Å². The van der Waals surface area contributed by atoms with Gasteiger partial charge in [0.15, 0.2) is 5.82 Å². The first kappa shape index (κ1) is 17.6. The Labute approximate surface area is 144 Å². The molecule has 2 aromatic rings. The van der Waals surface area contributed by atoms with Crippen molar-refractivity contribution in [1.29, 1.82) is 0 Å². The molecule has 0 bridgehead atoms. The van der Waals surface area contributed by atoms with Gasteiger partial charge < -0.3 is 9.84 Å². The number of hydrogen-bond acceptors (Lipinski definition) is 5. The molecule has 0 aliphatic heterocycles. The number of nitrogens with one attached hydrogen (secondary N) is 1. The molecule has 0 saturated carbocycles. The predicted octanol–water partition coefficient (Wildman–Crippen LogP) is 3.33. The van der Waals surface area contributed by atoms with Gasteiger partial charge in [-0.25, -0.2) is 0 Å². The highest BCUT2D eigenvalue weighted by atomic mass is 79.9. The average molecular weight is 381 g/mol. The summed E-state index contributed by atoms with van der Waals surface area (Å²) in [5.74, 6) is 1.12. The number of likely N-dealkylation sites (N-methyl/N-ethyl adjacent to an activating group) is 1. The maximum Gasteiger partial charge on any atom is 0.243 e. The van der Waals surface area contributed by atoms with Gasteiger partial charge in [0.25, 0.3) is 0 Å². The minimum Gasteiger partial charge on any atom is -0.338 e. The maximum absolute atomic E-state index is 12.2. The van der Waals surface area contributed by atoms with Crippen LogP contribution in [-0.2, 0) is 11.2 Å². The van der Waals surface area contributed by atoms with Crippen molar-refractivity contribution in [3.63, 3.8) is 0 Å². The van der Waals surface area contributed by atoms with E-state index in [1.54, 1.807) is 0 Å². The van der Waals surface area contributed by atoms with E-state index in [2.05, 4.69) is 31.4 Å². The van der Waals surface area contributed by atoms with E-state index in [1.165, 1.54) is 0 Å². The summed E-state index contributed by atoms with van der Waals surface area (Å²) in [5.41, 5.74) is 1.82. The van der Waals surface area contributed by atoms with E-state index in [4.69, 9.17) is 4.52 Å². The fourth-order valence-corrected chi connectivity index (χ4v) is 2.57. The van der Waals surface area contributed by atoms with Crippen LogP contribution < -0.4 is 5.32 Å². The lowest BCUT2D eigenvalue weighted by molar-refractivity contribution is -0.117. The van der Waals surface area contributed by atoms with Crippen molar-refractivity contribution in [3.8, 4) is 0 Å². The van der Waals surface area contributed by atoms with Crippen molar-refractivity contribution in [2.75, 3.05) is 18.9 Å². The Hall–Kier alpha value is -1.73. The van der Waals surface area contributed by atoms with Gasteiger partial charge in [-0.3, -0.25) is 9.69 Å². The molecule has 2 rings (SSSR count). The number of carbonyl (C=O) groups excluding carboxylic acids is 1. The molecular weight excluding hydrogens is 360 g/mol. The zero-order chi connectivity index (χ0) is 17.0. The van der Waals surface area contributed by atoms with E-state index in [1.807, 2.05) is 50.9 Å². The summed E-state index contributed by atoms with van der Waals surface area (Å²) in [6.07, 6.45) is 0.725. The Balaban J connectivity index is 1.96. The van der Waals surface area contributed by atoms with Crippen LogP contribution in [0.4, 0.5) is 5.69 Å². The third kappa shape index (κ3) is 4.62. The molecule has 1 N–H and O–H groups in total. The highest BCUT2D eigenvalue weighted by molar-refractivity contribution is 9.10. The van der Waals surface area contributed by atoms with Crippen LogP contribution >= 0.6 is 15.9 Å². The van der Waals surface area contributed by atoms with Crippen molar-refractivity contribution >= 4 is 27.5 Å².